The molecule has 17 heavy (non-hydrogen) atoms. The molecule has 0 saturated carbocycles. The first-order valence-corrected chi connectivity index (χ1v) is 6.81. The Bertz CT molecular complexity index is 225. The van der Waals surface area contributed by atoms with Gasteiger partial charge in [-0.2, -0.15) is 0 Å². The maximum atomic E-state index is 12.1. The Morgan fingerprint density at radius 3 is 2.59 bits per heavy atom. The minimum absolute atomic E-state index is 0.125. The van der Waals surface area contributed by atoms with Gasteiger partial charge in [0.1, 0.15) is 0 Å². The molecule has 0 atom stereocenters. The van der Waals surface area contributed by atoms with Crippen LogP contribution in [0.25, 0.3) is 0 Å². The van der Waals surface area contributed by atoms with Crippen molar-refractivity contribution < 1.29 is 9.53 Å². The molecule has 0 aromatic heterocycles. The number of carbonyl (C=O) groups excluding carboxylic acids is 1. The Labute approximate surface area is 104 Å². The molecule has 0 unspecified atom stereocenters. The van der Waals surface area contributed by atoms with E-state index in [-0.39, 0.29) is 11.3 Å². The van der Waals surface area contributed by atoms with E-state index in [1.54, 1.807) is 0 Å². The first-order valence-electron chi connectivity index (χ1n) is 6.81. The van der Waals surface area contributed by atoms with E-state index < -0.39 is 0 Å². The predicted molar refractivity (Wildman–Crippen MR) is 68.7 cm³/mol. The summed E-state index contributed by atoms with van der Waals surface area (Å²) < 4.78 is 5.30. The third-order valence-electron chi connectivity index (χ3n) is 3.64. The number of ether oxygens (including phenoxy) is 1. The monoisotopic (exact) mass is 242 g/mol. The summed E-state index contributed by atoms with van der Waals surface area (Å²) in [5, 5.41) is 3.03. The van der Waals surface area contributed by atoms with Gasteiger partial charge in [-0.15, -0.1) is 0 Å². The van der Waals surface area contributed by atoms with Gasteiger partial charge in [0.25, 0.3) is 0 Å². The van der Waals surface area contributed by atoms with Crippen LogP contribution < -0.4 is 11.1 Å². The van der Waals surface area contributed by atoms with Gasteiger partial charge in [0.2, 0.25) is 5.91 Å². The fourth-order valence-corrected chi connectivity index (χ4v) is 2.23. The van der Waals surface area contributed by atoms with Crippen molar-refractivity contribution in [1.82, 2.24) is 5.32 Å². The van der Waals surface area contributed by atoms with Crippen molar-refractivity contribution >= 4 is 5.91 Å². The normalized spacial score (nSPS) is 18.9. The summed E-state index contributed by atoms with van der Waals surface area (Å²) in [6, 6.07) is 0. The topological polar surface area (TPSA) is 64.4 Å². The molecule has 0 aliphatic carbocycles. The maximum absolute atomic E-state index is 12.1. The first-order chi connectivity index (χ1) is 8.25. The number of nitrogens with two attached hydrogens (primary N) is 1. The van der Waals surface area contributed by atoms with Crippen molar-refractivity contribution in [2.75, 3.05) is 26.3 Å². The van der Waals surface area contributed by atoms with E-state index in [2.05, 4.69) is 12.2 Å². The summed E-state index contributed by atoms with van der Waals surface area (Å²) >= 11 is 0. The molecule has 1 amide bonds. The van der Waals surface area contributed by atoms with E-state index in [9.17, 15) is 4.79 Å². The smallest absolute Gasteiger partial charge is 0.227 e. The van der Waals surface area contributed by atoms with Crippen molar-refractivity contribution in [2.45, 2.75) is 45.4 Å². The minimum atomic E-state index is -0.372. The van der Waals surface area contributed by atoms with Crippen molar-refractivity contribution in [1.29, 1.82) is 0 Å². The van der Waals surface area contributed by atoms with Gasteiger partial charge >= 0.3 is 0 Å². The number of nitrogens with one attached hydrogen (secondary N) is 1. The van der Waals surface area contributed by atoms with Gasteiger partial charge in [-0.3, -0.25) is 4.79 Å². The van der Waals surface area contributed by atoms with E-state index in [1.165, 1.54) is 19.3 Å². The average Bonchev–Trinajstić information content (AvgIpc) is 2.39. The van der Waals surface area contributed by atoms with E-state index in [0.717, 1.165) is 25.8 Å². The van der Waals surface area contributed by atoms with Crippen molar-refractivity contribution in [3.63, 3.8) is 0 Å². The second kappa shape index (κ2) is 7.67. The van der Waals surface area contributed by atoms with Crippen molar-refractivity contribution in [3.8, 4) is 0 Å². The number of hydrogen-bond acceptors (Lipinski definition) is 3. The van der Waals surface area contributed by atoms with Crippen LogP contribution >= 0.6 is 0 Å². The lowest BCUT2D eigenvalue weighted by Crippen LogP contribution is -2.49. The zero-order valence-electron chi connectivity index (χ0n) is 11.0. The molecule has 0 radical (unpaired) electrons. The highest BCUT2D eigenvalue weighted by molar-refractivity contribution is 5.83. The number of unbranched alkanes of at least 4 members (excludes halogenated alkanes) is 3. The van der Waals surface area contributed by atoms with Crippen LogP contribution in [-0.2, 0) is 9.53 Å². The molecule has 100 valence electrons. The molecule has 1 aliphatic rings. The van der Waals surface area contributed by atoms with Crippen LogP contribution in [0.5, 0.6) is 0 Å². The van der Waals surface area contributed by atoms with Gasteiger partial charge in [0.05, 0.1) is 5.41 Å². The predicted octanol–water partition coefficient (Wildman–Crippen LogP) is 1.44. The highest BCUT2D eigenvalue weighted by Gasteiger charge is 2.38. The van der Waals surface area contributed by atoms with Gasteiger partial charge < -0.3 is 15.8 Å². The third-order valence-corrected chi connectivity index (χ3v) is 3.64. The van der Waals surface area contributed by atoms with Gasteiger partial charge in [0, 0.05) is 26.3 Å². The largest absolute Gasteiger partial charge is 0.381 e. The third kappa shape index (κ3) is 4.28. The fourth-order valence-electron chi connectivity index (χ4n) is 2.23. The molecule has 1 saturated heterocycles. The fraction of sp³-hybridized carbons (Fsp3) is 0.923. The molecule has 4 nitrogen and oxygen atoms in total. The Morgan fingerprint density at radius 1 is 1.29 bits per heavy atom. The summed E-state index contributed by atoms with van der Waals surface area (Å²) in [6.45, 7) is 4.70. The molecular weight excluding hydrogens is 216 g/mol. The molecule has 0 aromatic rings. The van der Waals surface area contributed by atoms with Gasteiger partial charge in [-0.25, -0.2) is 0 Å². The molecule has 1 rings (SSSR count). The second-order valence-electron chi connectivity index (χ2n) is 4.91. The summed E-state index contributed by atoms with van der Waals surface area (Å²) in [4.78, 5) is 12.1. The van der Waals surface area contributed by atoms with Crippen LogP contribution in [0.1, 0.15) is 45.4 Å². The Balaban J connectivity index is 2.28. The zero-order chi connectivity index (χ0) is 12.6. The van der Waals surface area contributed by atoms with E-state index in [0.29, 0.717) is 19.8 Å². The second-order valence-corrected chi connectivity index (χ2v) is 4.91. The van der Waals surface area contributed by atoms with Crippen LogP contribution in [0.4, 0.5) is 0 Å². The minimum Gasteiger partial charge on any atom is -0.381 e. The van der Waals surface area contributed by atoms with Gasteiger partial charge in [-0.05, 0) is 19.3 Å². The Kier molecular flexibility index (Phi) is 6.52. The molecule has 1 aliphatic heterocycles. The summed E-state index contributed by atoms with van der Waals surface area (Å²) in [5.74, 6) is 0.125. The van der Waals surface area contributed by atoms with Crippen molar-refractivity contribution in [3.05, 3.63) is 0 Å². The van der Waals surface area contributed by atoms with E-state index >= 15 is 0 Å². The number of carbonyl (C=O) groups is 1. The van der Waals surface area contributed by atoms with Gasteiger partial charge in [0.15, 0.2) is 0 Å². The Hall–Kier alpha value is -0.610. The summed E-state index contributed by atoms with van der Waals surface area (Å²) in [5.41, 5.74) is 5.40. The van der Waals surface area contributed by atoms with Crippen LogP contribution in [0.3, 0.4) is 0 Å². The lowest BCUT2D eigenvalue weighted by atomic mass is 9.79. The first kappa shape index (κ1) is 14.5. The maximum Gasteiger partial charge on any atom is 0.227 e. The lowest BCUT2D eigenvalue weighted by molar-refractivity contribution is -0.135. The summed E-state index contributed by atoms with van der Waals surface area (Å²) in [7, 11) is 0. The molecule has 1 heterocycles. The molecule has 4 heteroatoms. The number of rotatable bonds is 7. The van der Waals surface area contributed by atoms with Crippen molar-refractivity contribution in [2.24, 2.45) is 11.1 Å². The molecule has 3 N–H and O–H groups in total. The average molecular weight is 242 g/mol. The standard InChI is InChI=1S/C13H26N2O2/c1-2-3-4-5-8-15-12(16)13(11-14)6-9-17-10-7-13/h2-11,14H2,1H3,(H,15,16). The molecule has 0 spiro atoms. The number of amides is 1. The van der Waals surface area contributed by atoms with Crippen LogP contribution in [-0.4, -0.2) is 32.2 Å². The van der Waals surface area contributed by atoms with E-state index in [4.69, 9.17) is 10.5 Å². The highest BCUT2D eigenvalue weighted by Crippen LogP contribution is 2.29. The highest BCUT2D eigenvalue weighted by atomic mass is 16.5. The Morgan fingerprint density at radius 2 is 2.00 bits per heavy atom. The molecular formula is C13H26N2O2. The molecule has 0 bridgehead atoms. The van der Waals surface area contributed by atoms with Gasteiger partial charge in [-0.1, -0.05) is 26.2 Å². The molecule has 0 aromatic carbocycles. The van der Waals surface area contributed by atoms with Crippen LogP contribution in [0.15, 0.2) is 0 Å². The quantitative estimate of drug-likeness (QED) is 0.664. The van der Waals surface area contributed by atoms with Crippen LogP contribution in [0.2, 0.25) is 0 Å². The van der Waals surface area contributed by atoms with Crippen LogP contribution in [0, 0.1) is 5.41 Å². The summed E-state index contributed by atoms with van der Waals surface area (Å²) in [6.07, 6.45) is 6.23. The molecule has 1 fully saturated rings. The zero-order valence-corrected chi connectivity index (χ0v) is 11.0. The van der Waals surface area contributed by atoms with E-state index in [1.807, 2.05) is 0 Å². The number of hydrogen-bond donors (Lipinski definition) is 2. The SMILES string of the molecule is CCCCCCNC(=O)C1(CN)CCOCC1. The lowest BCUT2D eigenvalue weighted by Gasteiger charge is -2.34.